The maximum Gasteiger partial charge on any atom is 0.138 e. The average molecular weight is 481 g/mol. The van der Waals surface area contributed by atoms with E-state index in [9.17, 15) is 4.79 Å². The van der Waals surface area contributed by atoms with Crippen molar-refractivity contribution in [1.82, 2.24) is 20.6 Å². The summed E-state index contributed by atoms with van der Waals surface area (Å²) in [6, 6.07) is 2.49. The molecule has 3 aromatic rings. The molecule has 1 unspecified atom stereocenters. The lowest BCUT2D eigenvalue weighted by Crippen LogP contribution is -2.32. The van der Waals surface area contributed by atoms with E-state index in [1.54, 1.807) is 11.3 Å². The Morgan fingerprint density at radius 2 is 2.06 bits per heavy atom. The molecular weight excluding hydrogens is 448 g/mol. The molecule has 174 valence electrons. The lowest BCUT2D eigenvalue weighted by Gasteiger charge is -2.20. The standard InChI is InChI=1S/C26H32N4OS2/c1-15-7-20-24(14-29-15)32-23(25(20)26-30-21-13-27-6-5-22(21)33-26)10-19(31)4-2-3-16-8-17-11-28-12-18(17)9-16/h5-6,13,15-18,28-29H,2-4,7-12,14H2,1H3/t15-,16?,17-,18+/m1/s1. The summed E-state index contributed by atoms with van der Waals surface area (Å²) in [5, 5.41) is 8.17. The molecule has 0 radical (unpaired) electrons. The molecule has 1 aliphatic carbocycles. The highest BCUT2D eigenvalue weighted by Gasteiger charge is 2.36. The number of hydrogen-bond donors (Lipinski definition) is 2. The van der Waals surface area contributed by atoms with E-state index < -0.39 is 0 Å². The van der Waals surface area contributed by atoms with Crippen molar-refractivity contribution in [1.29, 1.82) is 0 Å². The number of carbonyl (C=O) groups excluding carboxylic acids is 1. The number of hydrogen-bond acceptors (Lipinski definition) is 7. The fourth-order valence-electron chi connectivity index (χ4n) is 6.22. The van der Waals surface area contributed by atoms with Crippen LogP contribution in [0.2, 0.25) is 0 Å². The van der Waals surface area contributed by atoms with Gasteiger partial charge in [0.05, 0.1) is 10.9 Å². The summed E-state index contributed by atoms with van der Waals surface area (Å²) in [5.41, 5.74) is 3.61. The normalized spacial score (nSPS) is 26.6. The molecule has 2 N–H and O–H groups in total. The van der Waals surface area contributed by atoms with E-state index in [0.717, 1.165) is 52.4 Å². The third kappa shape index (κ3) is 4.41. The molecule has 0 amide bonds. The van der Waals surface area contributed by atoms with Gasteiger partial charge in [-0.15, -0.1) is 22.7 Å². The molecule has 0 aromatic carbocycles. The van der Waals surface area contributed by atoms with Crippen LogP contribution in [0.25, 0.3) is 20.8 Å². The van der Waals surface area contributed by atoms with Gasteiger partial charge in [-0.25, -0.2) is 4.98 Å². The van der Waals surface area contributed by atoms with Crippen molar-refractivity contribution in [2.75, 3.05) is 13.1 Å². The molecule has 7 heteroatoms. The quantitative estimate of drug-likeness (QED) is 0.499. The second kappa shape index (κ2) is 9.17. The first kappa shape index (κ1) is 21.8. The molecular formula is C26H32N4OS2. The monoisotopic (exact) mass is 480 g/mol. The van der Waals surface area contributed by atoms with Crippen molar-refractivity contribution in [3.05, 3.63) is 33.8 Å². The molecule has 33 heavy (non-hydrogen) atoms. The van der Waals surface area contributed by atoms with E-state index in [2.05, 4.69) is 22.5 Å². The van der Waals surface area contributed by atoms with Crippen molar-refractivity contribution in [3.63, 3.8) is 0 Å². The number of Topliss-reactive ketones (excluding diaryl/α,β-unsaturated/α-hetero) is 1. The van der Waals surface area contributed by atoms with Gasteiger partial charge < -0.3 is 10.6 Å². The number of nitrogens with zero attached hydrogens (tertiary/aromatic N) is 2. The predicted molar refractivity (Wildman–Crippen MR) is 136 cm³/mol. The molecule has 6 rings (SSSR count). The first-order valence-corrected chi connectivity index (χ1v) is 14.1. The number of pyridine rings is 1. The number of rotatable bonds is 7. The highest BCUT2D eigenvalue weighted by molar-refractivity contribution is 7.22. The van der Waals surface area contributed by atoms with Crippen LogP contribution in [0.4, 0.5) is 0 Å². The van der Waals surface area contributed by atoms with Crippen LogP contribution in [0.5, 0.6) is 0 Å². The van der Waals surface area contributed by atoms with Gasteiger partial charge in [-0.05, 0) is 75.1 Å². The van der Waals surface area contributed by atoms with E-state index in [1.165, 1.54) is 53.2 Å². The van der Waals surface area contributed by atoms with Gasteiger partial charge in [-0.1, -0.05) is 6.42 Å². The molecule has 1 saturated heterocycles. The minimum absolute atomic E-state index is 0.387. The number of aromatic nitrogens is 2. The summed E-state index contributed by atoms with van der Waals surface area (Å²) in [6.07, 6.45) is 10.9. The Morgan fingerprint density at radius 1 is 1.21 bits per heavy atom. The summed E-state index contributed by atoms with van der Waals surface area (Å²) in [5.74, 6) is 3.01. The fraction of sp³-hybridized carbons (Fsp3) is 0.577. The van der Waals surface area contributed by atoms with Crippen LogP contribution < -0.4 is 10.6 Å². The predicted octanol–water partition coefficient (Wildman–Crippen LogP) is 4.98. The zero-order valence-corrected chi connectivity index (χ0v) is 20.9. The van der Waals surface area contributed by atoms with Crippen molar-refractivity contribution < 1.29 is 4.79 Å². The molecule has 2 aliphatic heterocycles. The molecule has 4 atom stereocenters. The van der Waals surface area contributed by atoms with Crippen molar-refractivity contribution >= 4 is 38.7 Å². The van der Waals surface area contributed by atoms with E-state index in [0.29, 0.717) is 24.7 Å². The number of carbonyl (C=O) groups is 1. The Hall–Kier alpha value is -1.67. The summed E-state index contributed by atoms with van der Waals surface area (Å²) < 4.78 is 1.16. The second-order valence-corrected chi connectivity index (χ2v) is 12.5. The minimum Gasteiger partial charge on any atom is -0.316 e. The smallest absolute Gasteiger partial charge is 0.138 e. The molecule has 0 spiro atoms. The van der Waals surface area contributed by atoms with Gasteiger partial charge in [-0.2, -0.15) is 0 Å². The van der Waals surface area contributed by atoms with Gasteiger partial charge in [-0.3, -0.25) is 9.78 Å². The lowest BCUT2D eigenvalue weighted by atomic mass is 9.95. The number of fused-ring (bicyclic) bond motifs is 3. The van der Waals surface area contributed by atoms with E-state index >= 15 is 0 Å². The van der Waals surface area contributed by atoms with Crippen molar-refractivity contribution in [3.8, 4) is 10.6 Å². The Morgan fingerprint density at radius 3 is 2.88 bits per heavy atom. The maximum absolute atomic E-state index is 13.1. The third-order valence-electron chi connectivity index (χ3n) is 7.87. The zero-order valence-electron chi connectivity index (χ0n) is 19.2. The van der Waals surface area contributed by atoms with E-state index in [-0.39, 0.29) is 0 Å². The molecule has 2 fully saturated rings. The van der Waals surface area contributed by atoms with Crippen LogP contribution in [0.3, 0.4) is 0 Å². The Balaban J connectivity index is 1.17. The number of thiazole rings is 1. The summed E-state index contributed by atoms with van der Waals surface area (Å²) in [4.78, 5) is 24.8. The average Bonchev–Trinajstić information content (AvgIpc) is 3.54. The van der Waals surface area contributed by atoms with E-state index in [1.807, 2.05) is 29.8 Å². The molecule has 3 aromatic heterocycles. The number of thiophene rings is 1. The first-order chi connectivity index (χ1) is 16.1. The minimum atomic E-state index is 0.387. The highest BCUT2D eigenvalue weighted by Crippen LogP contribution is 2.43. The van der Waals surface area contributed by atoms with Gasteiger partial charge in [0, 0.05) is 46.9 Å². The van der Waals surface area contributed by atoms with Gasteiger partial charge >= 0.3 is 0 Å². The van der Waals surface area contributed by atoms with Crippen LogP contribution in [0.15, 0.2) is 18.5 Å². The topological polar surface area (TPSA) is 66.9 Å². The third-order valence-corrected chi connectivity index (χ3v) is 10.2. The van der Waals surface area contributed by atoms with Crippen LogP contribution in [0.1, 0.15) is 54.3 Å². The summed E-state index contributed by atoms with van der Waals surface area (Å²) in [6.45, 7) is 5.56. The lowest BCUT2D eigenvalue weighted by molar-refractivity contribution is -0.118. The summed E-state index contributed by atoms with van der Waals surface area (Å²) >= 11 is 3.56. The largest absolute Gasteiger partial charge is 0.316 e. The number of ketones is 1. The summed E-state index contributed by atoms with van der Waals surface area (Å²) in [7, 11) is 0. The van der Waals surface area contributed by atoms with Gasteiger partial charge in [0.15, 0.2) is 0 Å². The SMILES string of the molecule is C[C@@H]1Cc2c(sc(CC(=O)CCCC3C[C@H]4CNC[C@H]4C3)c2-c2nc3cnccc3s2)CN1. The van der Waals surface area contributed by atoms with Crippen LogP contribution >= 0.6 is 22.7 Å². The van der Waals surface area contributed by atoms with Crippen molar-refractivity contribution in [2.45, 2.75) is 64.5 Å². The number of nitrogens with one attached hydrogen (secondary N) is 2. The van der Waals surface area contributed by atoms with Crippen LogP contribution in [-0.4, -0.2) is 34.9 Å². The molecule has 3 aliphatic rings. The molecule has 5 nitrogen and oxygen atoms in total. The van der Waals surface area contributed by atoms with Gasteiger partial charge in [0.1, 0.15) is 16.3 Å². The fourth-order valence-corrected chi connectivity index (χ4v) is 8.63. The van der Waals surface area contributed by atoms with E-state index in [4.69, 9.17) is 4.98 Å². The Labute approximate surface area is 203 Å². The van der Waals surface area contributed by atoms with Crippen LogP contribution in [-0.2, 0) is 24.2 Å². The molecule has 0 bridgehead atoms. The van der Waals surface area contributed by atoms with Gasteiger partial charge in [0.25, 0.3) is 0 Å². The Bertz CT molecular complexity index is 1120. The van der Waals surface area contributed by atoms with Crippen molar-refractivity contribution in [2.24, 2.45) is 17.8 Å². The highest BCUT2D eigenvalue weighted by atomic mass is 32.1. The second-order valence-electron chi connectivity index (χ2n) is 10.3. The first-order valence-electron chi connectivity index (χ1n) is 12.4. The van der Waals surface area contributed by atoms with Gasteiger partial charge in [0.2, 0.25) is 0 Å². The molecule has 1 saturated carbocycles. The molecule has 5 heterocycles. The van der Waals surface area contributed by atoms with Crippen LogP contribution in [0, 0.1) is 17.8 Å². The Kier molecular flexibility index (Phi) is 6.07. The zero-order chi connectivity index (χ0) is 22.4. The maximum atomic E-state index is 13.1.